The van der Waals surface area contributed by atoms with Gasteiger partial charge in [-0.05, 0) is 6.92 Å². The van der Waals surface area contributed by atoms with Crippen LogP contribution in [-0.2, 0) is 16.1 Å². The summed E-state index contributed by atoms with van der Waals surface area (Å²) in [6, 6.07) is 0. The summed E-state index contributed by atoms with van der Waals surface area (Å²) >= 11 is 0. The van der Waals surface area contributed by atoms with Crippen molar-refractivity contribution in [1.29, 1.82) is 0 Å². The molecule has 0 aromatic carbocycles. The molecule has 2 N–H and O–H groups in total. The van der Waals surface area contributed by atoms with E-state index in [4.69, 9.17) is 5.73 Å². The number of hydrogen-bond donors (Lipinski definition) is 1. The predicted molar refractivity (Wildman–Crippen MR) is 63.0 cm³/mol. The SMILES string of the molecule is CCOC(=O)c1cnc(COCC(F)(F)C(F)F)nc1N. The Bertz CT molecular complexity index is 500. The average molecular weight is 311 g/mol. The average Bonchev–Trinajstić information content (AvgIpc) is 2.38. The predicted octanol–water partition coefficient (Wildman–Crippen LogP) is 1.65. The lowest BCUT2D eigenvalue weighted by molar-refractivity contribution is -0.168. The zero-order chi connectivity index (χ0) is 16.0. The van der Waals surface area contributed by atoms with Gasteiger partial charge in [-0.3, -0.25) is 0 Å². The monoisotopic (exact) mass is 311 g/mol. The fraction of sp³-hybridized carbons (Fsp3) is 0.545. The number of carbonyl (C=O) groups is 1. The third kappa shape index (κ3) is 4.81. The van der Waals surface area contributed by atoms with E-state index in [2.05, 4.69) is 19.4 Å². The number of halogens is 4. The molecule has 0 spiro atoms. The Morgan fingerprint density at radius 2 is 2.14 bits per heavy atom. The Morgan fingerprint density at radius 3 is 2.67 bits per heavy atom. The fourth-order valence-electron chi connectivity index (χ4n) is 1.21. The van der Waals surface area contributed by atoms with Crippen molar-refractivity contribution in [3.05, 3.63) is 17.6 Å². The number of nitrogens with two attached hydrogens (primary N) is 1. The van der Waals surface area contributed by atoms with Crippen LogP contribution in [-0.4, -0.2) is 41.5 Å². The van der Waals surface area contributed by atoms with E-state index >= 15 is 0 Å². The van der Waals surface area contributed by atoms with Gasteiger partial charge in [0.1, 0.15) is 24.6 Å². The molecule has 0 bridgehead atoms. The molecular formula is C11H13F4N3O3. The maximum atomic E-state index is 12.6. The Labute approximate surface area is 117 Å². The molecule has 0 saturated carbocycles. The molecule has 0 saturated heterocycles. The van der Waals surface area contributed by atoms with Crippen LogP contribution in [0.5, 0.6) is 0 Å². The molecule has 21 heavy (non-hydrogen) atoms. The minimum absolute atomic E-state index is 0.0847. The van der Waals surface area contributed by atoms with Gasteiger partial charge < -0.3 is 15.2 Å². The summed E-state index contributed by atoms with van der Waals surface area (Å²) in [5.41, 5.74) is 5.40. The van der Waals surface area contributed by atoms with Crippen LogP contribution >= 0.6 is 0 Å². The van der Waals surface area contributed by atoms with Crippen LogP contribution in [0.1, 0.15) is 23.1 Å². The van der Waals surface area contributed by atoms with Crippen molar-refractivity contribution in [2.45, 2.75) is 25.9 Å². The van der Waals surface area contributed by atoms with Gasteiger partial charge in [0, 0.05) is 6.20 Å². The maximum absolute atomic E-state index is 12.6. The molecule has 10 heteroatoms. The summed E-state index contributed by atoms with van der Waals surface area (Å²) < 4.78 is 58.0. The van der Waals surface area contributed by atoms with Gasteiger partial charge in [-0.25, -0.2) is 23.5 Å². The second-order valence-electron chi connectivity index (χ2n) is 3.86. The highest BCUT2D eigenvalue weighted by molar-refractivity contribution is 5.93. The number of aromatic nitrogens is 2. The van der Waals surface area contributed by atoms with Gasteiger partial charge in [-0.1, -0.05) is 0 Å². The number of nitrogen functional groups attached to an aromatic ring is 1. The summed E-state index contributed by atoms with van der Waals surface area (Å²) in [5.74, 6) is -5.32. The molecule has 1 heterocycles. The van der Waals surface area contributed by atoms with Crippen LogP contribution in [0.2, 0.25) is 0 Å². The third-order valence-corrected chi connectivity index (χ3v) is 2.21. The number of ether oxygens (including phenoxy) is 2. The molecule has 0 aliphatic carbocycles. The lowest BCUT2D eigenvalue weighted by atomic mass is 10.3. The van der Waals surface area contributed by atoms with Crippen LogP contribution in [0.15, 0.2) is 6.20 Å². The van der Waals surface area contributed by atoms with Gasteiger partial charge in [0.15, 0.2) is 5.82 Å². The molecule has 118 valence electrons. The third-order valence-electron chi connectivity index (χ3n) is 2.21. The van der Waals surface area contributed by atoms with Crippen molar-refractivity contribution >= 4 is 11.8 Å². The Balaban J connectivity index is 2.62. The molecule has 0 aliphatic rings. The minimum Gasteiger partial charge on any atom is -0.462 e. The van der Waals surface area contributed by atoms with Crippen molar-refractivity contribution in [3.63, 3.8) is 0 Å². The lowest BCUT2D eigenvalue weighted by Crippen LogP contribution is -2.32. The molecule has 1 aromatic heterocycles. The molecule has 0 amide bonds. The van der Waals surface area contributed by atoms with E-state index in [1.54, 1.807) is 6.92 Å². The first kappa shape index (κ1) is 17.1. The van der Waals surface area contributed by atoms with E-state index < -0.39 is 31.5 Å². The molecule has 6 nitrogen and oxygen atoms in total. The molecule has 0 atom stereocenters. The van der Waals surface area contributed by atoms with Crippen molar-refractivity contribution in [2.24, 2.45) is 0 Å². The number of hydrogen-bond acceptors (Lipinski definition) is 6. The van der Waals surface area contributed by atoms with Crippen LogP contribution in [0.25, 0.3) is 0 Å². The number of nitrogens with zero attached hydrogens (tertiary/aromatic N) is 2. The van der Waals surface area contributed by atoms with Gasteiger partial charge in [0.2, 0.25) is 0 Å². The Kier molecular flexibility index (Phi) is 5.82. The number of esters is 1. The van der Waals surface area contributed by atoms with Crippen molar-refractivity contribution in [2.75, 3.05) is 18.9 Å². The van der Waals surface area contributed by atoms with E-state index in [-0.39, 0.29) is 23.8 Å². The molecule has 0 aliphatic heterocycles. The highest BCUT2D eigenvalue weighted by Crippen LogP contribution is 2.23. The summed E-state index contributed by atoms with van der Waals surface area (Å²) in [7, 11) is 0. The quantitative estimate of drug-likeness (QED) is 0.608. The van der Waals surface area contributed by atoms with Gasteiger partial charge in [0.05, 0.1) is 6.61 Å². The van der Waals surface area contributed by atoms with Crippen LogP contribution in [0.4, 0.5) is 23.4 Å². The molecule has 0 radical (unpaired) electrons. The van der Waals surface area contributed by atoms with E-state index in [9.17, 15) is 22.4 Å². The summed E-state index contributed by atoms with van der Waals surface area (Å²) in [6.07, 6.45) is -2.78. The number of anilines is 1. The molecule has 1 aromatic rings. The van der Waals surface area contributed by atoms with Crippen LogP contribution in [0.3, 0.4) is 0 Å². The fourth-order valence-corrected chi connectivity index (χ4v) is 1.21. The first-order chi connectivity index (χ1) is 9.77. The van der Waals surface area contributed by atoms with Crippen LogP contribution in [0, 0.1) is 0 Å². The number of rotatable bonds is 7. The topological polar surface area (TPSA) is 87.3 Å². The zero-order valence-corrected chi connectivity index (χ0v) is 11.0. The largest absolute Gasteiger partial charge is 0.462 e. The highest BCUT2D eigenvalue weighted by Gasteiger charge is 2.41. The van der Waals surface area contributed by atoms with Gasteiger partial charge in [-0.2, -0.15) is 8.78 Å². The first-order valence-corrected chi connectivity index (χ1v) is 5.80. The Hall–Kier alpha value is -1.97. The second kappa shape index (κ2) is 7.16. The van der Waals surface area contributed by atoms with Gasteiger partial charge >= 0.3 is 18.3 Å². The van der Waals surface area contributed by atoms with E-state index in [0.717, 1.165) is 6.20 Å². The first-order valence-electron chi connectivity index (χ1n) is 5.80. The number of alkyl halides is 4. The van der Waals surface area contributed by atoms with E-state index in [1.807, 2.05) is 0 Å². The van der Waals surface area contributed by atoms with Crippen molar-refractivity contribution < 1.29 is 31.8 Å². The number of carbonyl (C=O) groups excluding carboxylic acids is 1. The minimum atomic E-state index is -4.25. The normalized spacial score (nSPS) is 11.7. The second-order valence-corrected chi connectivity index (χ2v) is 3.86. The summed E-state index contributed by atoms with van der Waals surface area (Å²) in [6.45, 7) is -0.296. The molecule has 0 unspecified atom stereocenters. The molecular weight excluding hydrogens is 298 g/mol. The van der Waals surface area contributed by atoms with Gasteiger partial charge in [0.25, 0.3) is 0 Å². The molecule has 0 fully saturated rings. The summed E-state index contributed by atoms with van der Waals surface area (Å²) in [5, 5.41) is 0. The standard InChI is InChI=1S/C11H13F4N3O3/c1-2-21-9(19)6-3-17-7(18-8(6)16)4-20-5-11(14,15)10(12)13/h3,10H,2,4-5H2,1H3,(H2,16,17,18). The van der Waals surface area contributed by atoms with Gasteiger partial charge in [-0.15, -0.1) is 0 Å². The van der Waals surface area contributed by atoms with E-state index in [0.29, 0.717) is 0 Å². The Morgan fingerprint density at radius 1 is 1.48 bits per heavy atom. The summed E-state index contributed by atoms with van der Waals surface area (Å²) in [4.78, 5) is 18.7. The van der Waals surface area contributed by atoms with Crippen LogP contribution < -0.4 is 5.73 Å². The van der Waals surface area contributed by atoms with Crippen molar-refractivity contribution in [1.82, 2.24) is 9.97 Å². The van der Waals surface area contributed by atoms with Crippen molar-refractivity contribution in [3.8, 4) is 0 Å². The zero-order valence-electron chi connectivity index (χ0n) is 11.0. The maximum Gasteiger partial charge on any atom is 0.343 e. The van der Waals surface area contributed by atoms with E-state index in [1.165, 1.54) is 0 Å². The highest BCUT2D eigenvalue weighted by atomic mass is 19.3. The smallest absolute Gasteiger partial charge is 0.343 e. The molecule has 1 rings (SSSR count). The lowest BCUT2D eigenvalue weighted by Gasteiger charge is -2.14.